The Morgan fingerprint density at radius 1 is 1.06 bits per heavy atom. The molecule has 0 aliphatic carbocycles. The van der Waals surface area contributed by atoms with E-state index in [2.05, 4.69) is 12.2 Å². The van der Waals surface area contributed by atoms with E-state index < -0.39 is 11.5 Å². The summed E-state index contributed by atoms with van der Waals surface area (Å²) in [6, 6.07) is 19.8. The number of aromatic hydroxyl groups is 2. The zero-order valence-electron chi connectivity index (χ0n) is 19.3. The minimum atomic E-state index is -1.17. The molecule has 1 fully saturated rings. The van der Waals surface area contributed by atoms with E-state index in [1.165, 1.54) is 17.7 Å². The highest BCUT2D eigenvalue weighted by molar-refractivity contribution is 6.12. The molecule has 6 nitrogen and oxygen atoms in total. The predicted molar refractivity (Wildman–Crippen MR) is 130 cm³/mol. The Morgan fingerprint density at radius 3 is 2.50 bits per heavy atom. The molecule has 1 amide bonds. The van der Waals surface area contributed by atoms with E-state index in [4.69, 9.17) is 0 Å². The predicted octanol–water partition coefficient (Wildman–Crippen LogP) is 4.43. The Hall–Kier alpha value is -3.64. The molecule has 2 aliphatic rings. The number of aryl methyl sites for hydroxylation is 1. The zero-order valence-corrected chi connectivity index (χ0v) is 19.3. The highest BCUT2D eigenvalue weighted by atomic mass is 16.3. The Bertz CT molecular complexity index is 1270. The summed E-state index contributed by atoms with van der Waals surface area (Å²) in [6.07, 6.45) is 1.96. The van der Waals surface area contributed by atoms with Crippen LogP contribution in [-0.4, -0.2) is 40.4 Å². The average Bonchev–Trinajstić information content (AvgIpc) is 3.31. The number of ketones is 1. The first-order valence-corrected chi connectivity index (χ1v) is 11.6. The summed E-state index contributed by atoms with van der Waals surface area (Å²) in [5.41, 5.74) is 2.76. The molecule has 1 saturated heterocycles. The summed E-state index contributed by atoms with van der Waals surface area (Å²) < 4.78 is 0. The number of Topliss-reactive ketones (excluding diaryl/α,β-unsaturated/α-hetero) is 1. The van der Waals surface area contributed by atoms with Gasteiger partial charge in [-0.3, -0.25) is 14.5 Å². The van der Waals surface area contributed by atoms with Crippen molar-refractivity contribution >= 4 is 17.4 Å². The second-order valence-corrected chi connectivity index (χ2v) is 9.29. The number of para-hydroxylation sites is 1. The molecule has 3 unspecified atom stereocenters. The van der Waals surface area contributed by atoms with Crippen LogP contribution < -0.4 is 5.32 Å². The fraction of sp³-hybridized carbons (Fsp3) is 0.286. The molecule has 2 heterocycles. The standard InChI is InChI=1S/C28H28N2O4/c1-3-6-17-9-11-18(12-10-17)26(33)25-20(19-13-14-23(31)24(32)15-19)16-30(2)28(25)21-7-4-5-8-22(21)29-27(28)34/h4-5,7-15,20,25,31-32H,3,6,16H2,1-2H3,(H,29,34). The Labute approximate surface area is 198 Å². The van der Waals surface area contributed by atoms with E-state index in [-0.39, 0.29) is 29.1 Å². The third kappa shape index (κ3) is 3.21. The molecule has 2 aliphatic heterocycles. The topological polar surface area (TPSA) is 89.9 Å². The van der Waals surface area contributed by atoms with Crippen molar-refractivity contribution in [2.45, 2.75) is 31.2 Å². The lowest BCUT2D eigenvalue weighted by atomic mass is 9.70. The number of nitrogens with one attached hydrogen (secondary N) is 1. The number of fused-ring (bicyclic) bond motifs is 2. The number of likely N-dealkylation sites (tertiary alicyclic amines) is 1. The van der Waals surface area contributed by atoms with Crippen LogP contribution in [0.1, 0.15) is 46.3 Å². The average molecular weight is 457 g/mol. The van der Waals surface area contributed by atoms with Crippen molar-refractivity contribution in [3.05, 3.63) is 89.0 Å². The number of amides is 1. The number of likely N-dealkylation sites (N-methyl/N-ethyl adjacent to an activating group) is 1. The van der Waals surface area contributed by atoms with Crippen LogP contribution in [0, 0.1) is 5.92 Å². The lowest BCUT2D eigenvalue weighted by Crippen LogP contribution is -2.51. The van der Waals surface area contributed by atoms with Crippen LogP contribution in [0.5, 0.6) is 11.5 Å². The van der Waals surface area contributed by atoms with Crippen LogP contribution in [-0.2, 0) is 16.8 Å². The van der Waals surface area contributed by atoms with Crippen molar-refractivity contribution in [3.63, 3.8) is 0 Å². The van der Waals surface area contributed by atoms with Gasteiger partial charge >= 0.3 is 0 Å². The first kappa shape index (κ1) is 22.2. The molecule has 0 radical (unpaired) electrons. The van der Waals surface area contributed by atoms with Crippen molar-refractivity contribution in [1.82, 2.24) is 4.90 Å². The monoisotopic (exact) mass is 456 g/mol. The van der Waals surface area contributed by atoms with Gasteiger partial charge in [0.25, 0.3) is 0 Å². The van der Waals surface area contributed by atoms with Crippen molar-refractivity contribution in [1.29, 1.82) is 0 Å². The quantitative estimate of drug-likeness (QED) is 0.391. The number of carbonyl (C=O) groups excluding carboxylic acids is 2. The van der Waals surface area contributed by atoms with Gasteiger partial charge in [-0.05, 0) is 42.8 Å². The fourth-order valence-corrected chi connectivity index (χ4v) is 5.77. The molecule has 6 heteroatoms. The molecule has 0 bridgehead atoms. The largest absolute Gasteiger partial charge is 0.504 e. The van der Waals surface area contributed by atoms with Crippen molar-refractivity contribution < 1.29 is 19.8 Å². The van der Waals surface area contributed by atoms with Gasteiger partial charge in [-0.2, -0.15) is 0 Å². The minimum Gasteiger partial charge on any atom is -0.504 e. The lowest BCUT2D eigenvalue weighted by Gasteiger charge is -2.35. The van der Waals surface area contributed by atoms with Crippen LogP contribution in [0.15, 0.2) is 66.7 Å². The van der Waals surface area contributed by atoms with Gasteiger partial charge in [0.15, 0.2) is 17.3 Å². The van der Waals surface area contributed by atoms with Crippen LogP contribution in [0.25, 0.3) is 0 Å². The van der Waals surface area contributed by atoms with Gasteiger partial charge in [0, 0.05) is 29.3 Å². The van der Waals surface area contributed by atoms with E-state index in [1.807, 2.05) is 60.5 Å². The first-order valence-electron chi connectivity index (χ1n) is 11.6. The SMILES string of the molecule is CCCc1ccc(C(=O)C2C(c3ccc(O)c(O)c3)CN(C)C23C(=O)Nc2ccccc23)cc1. The van der Waals surface area contributed by atoms with E-state index in [0.29, 0.717) is 23.4 Å². The van der Waals surface area contributed by atoms with Gasteiger partial charge in [0.1, 0.15) is 5.54 Å². The molecule has 3 atom stereocenters. The van der Waals surface area contributed by atoms with E-state index in [9.17, 15) is 19.8 Å². The maximum absolute atomic E-state index is 14.2. The van der Waals surface area contributed by atoms with E-state index in [0.717, 1.165) is 18.4 Å². The molecule has 1 spiro atoms. The van der Waals surface area contributed by atoms with Gasteiger partial charge < -0.3 is 15.5 Å². The smallest absolute Gasteiger partial charge is 0.250 e. The third-order valence-corrected chi connectivity index (χ3v) is 7.34. The van der Waals surface area contributed by atoms with E-state index in [1.54, 1.807) is 6.07 Å². The lowest BCUT2D eigenvalue weighted by molar-refractivity contribution is -0.126. The molecule has 3 aromatic rings. The normalized spacial score (nSPS) is 23.8. The number of hydrogen-bond acceptors (Lipinski definition) is 5. The number of nitrogens with zero attached hydrogens (tertiary/aromatic N) is 1. The number of hydrogen-bond donors (Lipinski definition) is 3. The number of anilines is 1. The molecule has 0 saturated carbocycles. The summed E-state index contributed by atoms with van der Waals surface area (Å²) in [5, 5.41) is 23.0. The van der Waals surface area contributed by atoms with Crippen LogP contribution in [0.2, 0.25) is 0 Å². The fourth-order valence-electron chi connectivity index (χ4n) is 5.77. The van der Waals surface area contributed by atoms with Crippen molar-refractivity contribution in [2.24, 2.45) is 5.92 Å². The highest BCUT2D eigenvalue weighted by Gasteiger charge is 2.64. The summed E-state index contributed by atoms with van der Waals surface area (Å²) in [5.74, 6) is -1.88. The van der Waals surface area contributed by atoms with Crippen LogP contribution >= 0.6 is 0 Å². The van der Waals surface area contributed by atoms with Gasteiger partial charge in [-0.1, -0.05) is 61.9 Å². The summed E-state index contributed by atoms with van der Waals surface area (Å²) in [6.45, 7) is 2.56. The maximum atomic E-state index is 14.2. The molecule has 0 aromatic heterocycles. The van der Waals surface area contributed by atoms with Crippen molar-refractivity contribution in [2.75, 3.05) is 18.9 Å². The Kier molecular flexibility index (Phi) is 5.41. The minimum absolute atomic E-state index is 0.114. The van der Waals surface area contributed by atoms with Gasteiger partial charge in [0.05, 0.1) is 5.92 Å². The molecule has 3 aromatic carbocycles. The number of phenols is 2. The van der Waals surface area contributed by atoms with Crippen LogP contribution in [0.3, 0.4) is 0 Å². The number of benzene rings is 3. The second-order valence-electron chi connectivity index (χ2n) is 9.29. The molecular weight excluding hydrogens is 428 g/mol. The third-order valence-electron chi connectivity index (χ3n) is 7.34. The second kappa shape index (κ2) is 8.29. The number of phenolic OH excluding ortho intramolecular Hbond substituents is 2. The summed E-state index contributed by atoms with van der Waals surface area (Å²) in [7, 11) is 1.87. The van der Waals surface area contributed by atoms with Gasteiger partial charge in [0.2, 0.25) is 5.91 Å². The first-order chi connectivity index (χ1) is 16.4. The van der Waals surface area contributed by atoms with Gasteiger partial charge in [-0.25, -0.2) is 0 Å². The summed E-state index contributed by atoms with van der Waals surface area (Å²) >= 11 is 0. The number of carbonyl (C=O) groups is 2. The Balaban J connectivity index is 1.68. The summed E-state index contributed by atoms with van der Waals surface area (Å²) in [4.78, 5) is 29.8. The van der Waals surface area contributed by atoms with E-state index >= 15 is 0 Å². The van der Waals surface area contributed by atoms with Crippen molar-refractivity contribution in [3.8, 4) is 11.5 Å². The molecule has 174 valence electrons. The van der Waals surface area contributed by atoms with Gasteiger partial charge in [-0.15, -0.1) is 0 Å². The maximum Gasteiger partial charge on any atom is 0.250 e. The van der Waals surface area contributed by atoms with Crippen LogP contribution in [0.4, 0.5) is 5.69 Å². The number of rotatable bonds is 5. The zero-order chi connectivity index (χ0) is 24.0. The molecule has 34 heavy (non-hydrogen) atoms. The molecule has 3 N–H and O–H groups in total. The molecule has 5 rings (SSSR count). The highest BCUT2D eigenvalue weighted by Crippen LogP contribution is 2.55. The Morgan fingerprint density at radius 2 is 1.79 bits per heavy atom. The molecular formula is C28H28N2O4.